The van der Waals surface area contributed by atoms with Gasteiger partial charge in [-0.15, -0.1) is 10.2 Å². The third-order valence-corrected chi connectivity index (χ3v) is 10.8. The standard InChI is InChI=1S/C36H38F3N9O4S/c1-51-27-11-3-23(4-12-27)21-43-53(49,50)32-30(36(37,38)39)16-15-29(25-7-9-26(10-8-25)35(42)17-19-47(20-18-35)34(40)41)31(32)33-44-46-48(45-33)22-24-5-13-28(52-2)14-6-24/h3-16,43H,17-22,42H2,1-2H3,(H3,40,41). The number of nitrogens with one attached hydrogen (secondary N) is 2. The smallest absolute Gasteiger partial charge is 0.417 e. The summed E-state index contributed by atoms with van der Waals surface area (Å²) in [6.07, 6.45) is -4.04. The monoisotopic (exact) mass is 749 g/mol. The van der Waals surface area contributed by atoms with Gasteiger partial charge in [-0.25, -0.2) is 13.1 Å². The maximum absolute atomic E-state index is 14.8. The number of sulfonamides is 1. The van der Waals surface area contributed by atoms with Crippen molar-refractivity contribution in [3.8, 4) is 34.0 Å². The molecule has 0 bridgehead atoms. The van der Waals surface area contributed by atoms with Gasteiger partial charge in [0.1, 0.15) is 16.4 Å². The van der Waals surface area contributed by atoms with Crippen molar-refractivity contribution in [1.29, 1.82) is 5.41 Å². The molecule has 0 spiro atoms. The molecule has 5 aromatic rings. The van der Waals surface area contributed by atoms with E-state index >= 15 is 0 Å². The molecule has 278 valence electrons. The first kappa shape index (κ1) is 37.2. The van der Waals surface area contributed by atoms with E-state index in [2.05, 4.69) is 20.1 Å². The molecule has 1 saturated heterocycles. The van der Waals surface area contributed by atoms with Crippen LogP contribution in [0, 0.1) is 5.41 Å². The average Bonchev–Trinajstić information content (AvgIpc) is 3.62. The van der Waals surface area contributed by atoms with E-state index in [1.54, 1.807) is 77.7 Å². The minimum Gasteiger partial charge on any atom is -0.497 e. The third kappa shape index (κ3) is 8.11. The molecule has 1 aromatic heterocycles. The van der Waals surface area contributed by atoms with Gasteiger partial charge in [-0.05, 0) is 76.2 Å². The highest BCUT2D eigenvalue weighted by Gasteiger charge is 2.41. The summed E-state index contributed by atoms with van der Waals surface area (Å²) in [6.45, 7) is 0.759. The van der Waals surface area contributed by atoms with Gasteiger partial charge in [-0.1, -0.05) is 54.6 Å². The van der Waals surface area contributed by atoms with Crippen LogP contribution >= 0.6 is 0 Å². The predicted octanol–water partition coefficient (Wildman–Crippen LogP) is 4.71. The van der Waals surface area contributed by atoms with E-state index in [9.17, 15) is 21.6 Å². The molecule has 53 heavy (non-hydrogen) atoms. The zero-order valence-electron chi connectivity index (χ0n) is 28.9. The van der Waals surface area contributed by atoms with Crippen molar-refractivity contribution in [1.82, 2.24) is 29.8 Å². The molecule has 0 atom stereocenters. The Morgan fingerprint density at radius 1 is 0.906 bits per heavy atom. The second-order valence-electron chi connectivity index (χ2n) is 12.6. The topological polar surface area (TPSA) is 187 Å². The molecule has 17 heteroatoms. The van der Waals surface area contributed by atoms with E-state index in [1.165, 1.54) is 25.1 Å². The van der Waals surface area contributed by atoms with E-state index in [-0.39, 0.29) is 36.0 Å². The molecule has 0 aliphatic carbocycles. The molecule has 1 aliphatic heterocycles. The van der Waals surface area contributed by atoms with Crippen molar-refractivity contribution in [3.63, 3.8) is 0 Å². The van der Waals surface area contributed by atoms with E-state index in [0.717, 1.165) is 17.2 Å². The van der Waals surface area contributed by atoms with Crippen LogP contribution in [0.1, 0.15) is 35.1 Å². The van der Waals surface area contributed by atoms with Crippen molar-refractivity contribution in [2.45, 2.75) is 42.5 Å². The van der Waals surface area contributed by atoms with Crippen molar-refractivity contribution in [2.24, 2.45) is 11.5 Å². The molecule has 0 saturated carbocycles. The number of guanidine groups is 1. The molecule has 4 aromatic carbocycles. The number of aromatic nitrogens is 4. The number of hydrogen-bond donors (Lipinski definition) is 4. The maximum Gasteiger partial charge on any atom is 0.417 e. The molecular formula is C36H38F3N9O4S. The lowest BCUT2D eigenvalue weighted by Crippen LogP contribution is -2.51. The van der Waals surface area contributed by atoms with Crippen LogP contribution in [0.3, 0.4) is 0 Å². The first-order valence-electron chi connectivity index (χ1n) is 16.5. The predicted molar refractivity (Wildman–Crippen MR) is 191 cm³/mol. The van der Waals surface area contributed by atoms with Gasteiger partial charge in [0.05, 0.1) is 31.9 Å². The second kappa shape index (κ2) is 14.8. The summed E-state index contributed by atoms with van der Waals surface area (Å²) in [5.41, 5.74) is 12.5. The first-order chi connectivity index (χ1) is 25.2. The summed E-state index contributed by atoms with van der Waals surface area (Å²) < 4.78 is 85.3. The van der Waals surface area contributed by atoms with Crippen molar-refractivity contribution < 1.29 is 31.1 Å². The van der Waals surface area contributed by atoms with Gasteiger partial charge in [0, 0.05) is 25.2 Å². The Hall–Kier alpha value is -5.52. The number of rotatable bonds is 11. The van der Waals surface area contributed by atoms with Gasteiger partial charge >= 0.3 is 6.18 Å². The number of halogens is 3. The average molecular weight is 750 g/mol. The summed E-state index contributed by atoms with van der Waals surface area (Å²) >= 11 is 0. The van der Waals surface area contributed by atoms with Crippen LogP contribution in [-0.2, 0) is 34.8 Å². The number of tetrazole rings is 1. The summed E-state index contributed by atoms with van der Waals surface area (Å²) in [6, 6.07) is 22.3. The molecular weight excluding hydrogens is 712 g/mol. The van der Waals surface area contributed by atoms with Crippen molar-refractivity contribution in [3.05, 3.63) is 107 Å². The van der Waals surface area contributed by atoms with Crippen molar-refractivity contribution >= 4 is 16.0 Å². The Balaban J connectivity index is 1.45. The molecule has 0 unspecified atom stereocenters. The Labute approximate surface area is 304 Å². The number of ether oxygens (including phenoxy) is 2. The summed E-state index contributed by atoms with van der Waals surface area (Å²) in [4.78, 5) is 1.88. The number of alkyl halides is 3. The third-order valence-electron chi connectivity index (χ3n) is 9.28. The lowest BCUT2D eigenvalue weighted by atomic mass is 9.81. The van der Waals surface area contributed by atoms with Gasteiger partial charge in [-0.2, -0.15) is 18.0 Å². The summed E-state index contributed by atoms with van der Waals surface area (Å²) in [5.74, 6) is 0.805. The van der Waals surface area contributed by atoms with Crippen LogP contribution in [0.4, 0.5) is 13.2 Å². The molecule has 1 fully saturated rings. The molecule has 0 amide bonds. The fourth-order valence-electron chi connectivity index (χ4n) is 6.26. The number of benzene rings is 4. The fourth-order valence-corrected chi connectivity index (χ4v) is 7.71. The van der Waals surface area contributed by atoms with Gasteiger partial charge < -0.3 is 25.8 Å². The minimum atomic E-state index is -5.07. The van der Waals surface area contributed by atoms with Crippen LogP contribution in [0.25, 0.3) is 22.5 Å². The zero-order chi connectivity index (χ0) is 38.0. The summed E-state index contributed by atoms with van der Waals surface area (Å²) in [7, 11) is -1.87. The highest BCUT2D eigenvalue weighted by atomic mass is 32.2. The van der Waals surface area contributed by atoms with Crippen LogP contribution in [0.2, 0.25) is 0 Å². The SMILES string of the molecule is COc1ccc(CNS(=O)(=O)c2c(C(F)(F)F)ccc(-c3ccc(C4(N)CCN(C(=N)N)CC4)cc3)c2-c2nnn(Cc3ccc(OC)cc3)n2)cc1. The number of likely N-dealkylation sites (tertiary alicyclic amines) is 1. The first-order valence-corrected chi connectivity index (χ1v) is 18.0. The normalized spacial score (nSPS) is 14.6. The molecule has 6 N–H and O–H groups in total. The van der Waals surface area contributed by atoms with Gasteiger partial charge in [-0.3, -0.25) is 5.41 Å². The Morgan fingerprint density at radius 3 is 2.04 bits per heavy atom. The van der Waals surface area contributed by atoms with Gasteiger partial charge in [0.25, 0.3) is 0 Å². The van der Waals surface area contributed by atoms with E-state index in [1.807, 2.05) is 0 Å². The largest absolute Gasteiger partial charge is 0.497 e. The molecule has 13 nitrogen and oxygen atoms in total. The number of nitrogens with zero attached hydrogens (tertiary/aromatic N) is 5. The Morgan fingerprint density at radius 2 is 1.49 bits per heavy atom. The molecule has 1 aliphatic rings. The number of methoxy groups -OCH3 is 2. The maximum atomic E-state index is 14.8. The fraction of sp³-hybridized carbons (Fsp3) is 0.278. The van der Waals surface area contributed by atoms with Crippen LogP contribution in [0.5, 0.6) is 11.5 Å². The number of hydrogen-bond acceptors (Lipinski definition) is 9. The number of piperidine rings is 1. The van der Waals surface area contributed by atoms with Crippen LogP contribution in [0.15, 0.2) is 89.8 Å². The molecule has 2 heterocycles. The molecule has 0 radical (unpaired) electrons. The zero-order valence-corrected chi connectivity index (χ0v) is 29.7. The minimum absolute atomic E-state index is 0.0315. The van der Waals surface area contributed by atoms with Gasteiger partial charge in [0.15, 0.2) is 5.96 Å². The Bertz CT molecular complexity index is 2190. The molecule has 6 rings (SSSR count). The van der Waals surface area contributed by atoms with E-state index < -0.39 is 32.2 Å². The van der Waals surface area contributed by atoms with Crippen LogP contribution < -0.4 is 25.7 Å². The Kier molecular flexibility index (Phi) is 10.4. The summed E-state index contributed by atoms with van der Waals surface area (Å²) in [5, 5.41) is 20.3. The highest BCUT2D eigenvalue weighted by molar-refractivity contribution is 7.89. The lowest BCUT2D eigenvalue weighted by molar-refractivity contribution is -0.139. The van der Waals surface area contributed by atoms with E-state index in [0.29, 0.717) is 48.6 Å². The lowest BCUT2D eigenvalue weighted by Gasteiger charge is -2.39. The van der Waals surface area contributed by atoms with Crippen molar-refractivity contribution in [2.75, 3.05) is 27.3 Å². The quantitative estimate of drug-likeness (QED) is 0.109. The highest BCUT2D eigenvalue weighted by Crippen LogP contribution is 2.44. The second-order valence-corrected chi connectivity index (χ2v) is 14.3. The van der Waals surface area contributed by atoms with Gasteiger partial charge in [0.2, 0.25) is 15.8 Å². The van der Waals surface area contributed by atoms with Crippen LogP contribution in [-0.4, -0.2) is 66.8 Å². The van der Waals surface area contributed by atoms with E-state index in [4.69, 9.17) is 26.4 Å². The number of nitrogens with two attached hydrogens (primary N) is 2.